The van der Waals surface area contributed by atoms with Gasteiger partial charge in [0.1, 0.15) is 5.41 Å². The van der Waals surface area contributed by atoms with Crippen LogP contribution in [0.4, 0.5) is 18.9 Å². The van der Waals surface area contributed by atoms with Gasteiger partial charge in [-0.25, -0.2) is 0 Å². The van der Waals surface area contributed by atoms with Crippen molar-refractivity contribution < 1.29 is 27.5 Å². The first-order valence-electron chi connectivity index (χ1n) is 11.1. The fourth-order valence-corrected chi connectivity index (χ4v) is 5.03. The summed E-state index contributed by atoms with van der Waals surface area (Å²) in [5.41, 5.74) is -0.450. The molecule has 2 aliphatic heterocycles. The largest absolute Gasteiger partial charge is 0.479 e. The highest BCUT2D eigenvalue weighted by atomic mass is 35.5. The van der Waals surface area contributed by atoms with Crippen molar-refractivity contribution >= 4 is 40.7 Å². The zero-order valence-corrected chi connectivity index (χ0v) is 20.6. The van der Waals surface area contributed by atoms with Crippen molar-refractivity contribution in [1.82, 2.24) is 5.32 Å². The molecule has 2 aliphatic rings. The lowest BCUT2D eigenvalue weighted by molar-refractivity contribution is -0.184. The number of oxime groups is 1. The van der Waals surface area contributed by atoms with Gasteiger partial charge in [-0.15, -0.1) is 0 Å². The molecule has 188 valence electrons. The number of alkyl halides is 3. The number of carbonyl (C=O) groups excluding carboxylic acids is 1. The highest BCUT2D eigenvalue weighted by Crippen LogP contribution is 2.49. The van der Waals surface area contributed by atoms with Crippen molar-refractivity contribution in [2.75, 3.05) is 24.6 Å². The van der Waals surface area contributed by atoms with Crippen molar-refractivity contribution in [3.63, 3.8) is 0 Å². The molecule has 2 heterocycles. The van der Waals surface area contributed by atoms with Crippen molar-refractivity contribution in [1.29, 1.82) is 0 Å². The SMILES string of the molecule is CCOC1=NOC(NC(=O)c2ccc(N3CCC(c4cc(Cl)cc(Cl)c4)(C(F)(F)F)C3)cc2C)C1. The van der Waals surface area contributed by atoms with E-state index in [1.165, 1.54) is 18.2 Å². The summed E-state index contributed by atoms with van der Waals surface area (Å²) in [6.07, 6.45) is -4.97. The number of nitrogens with zero attached hydrogens (tertiary/aromatic N) is 2. The highest BCUT2D eigenvalue weighted by Gasteiger charge is 2.59. The Morgan fingerprint density at radius 2 is 1.97 bits per heavy atom. The molecule has 0 aromatic heterocycles. The molecular formula is C24H24Cl2F3N3O3. The maximum Gasteiger partial charge on any atom is 0.400 e. The van der Waals surface area contributed by atoms with Gasteiger partial charge in [0.05, 0.1) is 13.0 Å². The van der Waals surface area contributed by atoms with Crippen LogP contribution < -0.4 is 10.2 Å². The molecule has 1 saturated heterocycles. The van der Waals surface area contributed by atoms with Gasteiger partial charge in [-0.1, -0.05) is 23.2 Å². The number of carbonyl (C=O) groups is 1. The number of hydrogen-bond donors (Lipinski definition) is 1. The number of anilines is 1. The first kappa shape index (κ1) is 25.4. The third-order valence-corrected chi connectivity index (χ3v) is 6.73. The number of amides is 1. The summed E-state index contributed by atoms with van der Waals surface area (Å²) in [6.45, 7) is 3.90. The van der Waals surface area contributed by atoms with E-state index in [2.05, 4.69) is 10.5 Å². The van der Waals surface area contributed by atoms with Crippen LogP contribution in [-0.2, 0) is 15.0 Å². The van der Waals surface area contributed by atoms with E-state index in [-0.39, 0.29) is 41.0 Å². The monoisotopic (exact) mass is 529 g/mol. The summed E-state index contributed by atoms with van der Waals surface area (Å²) < 4.78 is 48.4. The van der Waals surface area contributed by atoms with Crippen LogP contribution in [0.5, 0.6) is 0 Å². The molecule has 0 spiro atoms. The third kappa shape index (κ3) is 5.16. The fraction of sp³-hybridized carbons (Fsp3) is 0.417. The Bertz CT molecular complexity index is 1140. The van der Waals surface area contributed by atoms with E-state index >= 15 is 0 Å². The van der Waals surface area contributed by atoms with Crippen LogP contribution in [0.1, 0.15) is 41.3 Å². The Hall–Kier alpha value is -2.65. The normalized spacial score (nSPS) is 22.1. The third-order valence-electron chi connectivity index (χ3n) is 6.29. The van der Waals surface area contributed by atoms with Gasteiger partial charge in [0.15, 0.2) is 0 Å². The van der Waals surface area contributed by atoms with Crippen LogP contribution in [0.25, 0.3) is 0 Å². The number of ether oxygens (including phenoxy) is 1. The van der Waals surface area contributed by atoms with E-state index in [0.717, 1.165) is 0 Å². The molecular weight excluding hydrogens is 506 g/mol. The molecule has 6 nitrogen and oxygen atoms in total. The lowest BCUT2D eigenvalue weighted by Gasteiger charge is -2.33. The molecule has 1 fully saturated rings. The molecule has 0 aliphatic carbocycles. The highest BCUT2D eigenvalue weighted by molar-refractivity contribution is 6.34. The smallest absolute Gasteiger partial charge is 0.400 e. The Balaban J connectivity index is 1.51. The van der Waals surface area contributed by atoms with Crippen molar-refractivity contribution in [2.45, 2.75) is 44.5 Å². The molecule has 35 heavy (non-hydrogen) atoms. The van der Waals surface area contributed by atoms with Crippen molar-refractivity contribution in [3.8, 4) is 0 Å². The molecule has 1 N–H and O–H groups in total. The maximum atomic E-state index is 14.4. The van der Waals surface area contributed by atoms with E-state index in [0.29, 0.717) is 35.7 Å². The van der Waals surface area contributed by atoms with Crippen LogP contribution in [0.2, 0.25) is 10.0 Å². The summed E-state index contributed by atoms with van der Waals surface area (Å²) in [6, 6.07) is 9.03. The van der Waals surface area contributed by atoms with E-state index in [1.54, 1.807) is 30.0 Å². The zero-order chi connectivity index (χ0) is 25.4. The Labute approximate surface area is 211 Å². The molecule has 1 amide bonds. The average molecular weight is 530 g/mol. The number of benzene rings is 2. The van der Waals surface area contributed by atoms with E-state index in [9.17, 15) is 18.0 Å². The Morgan fingerprint density at radius 1 is 1.26 bits per heavy atom. The van der Waals surface area contributed by atoms with Gasteiger partial charge in [-0.05, 0) is 72.9 Å². The first-order chi connectivity index (χ1) is 16.5. The van der Waals surface area contributed by atoms with Gasteiger partial charge in [0.2, 0.25) is 12.1 Å². The van der Waals surface area contributed by atoms with Gasteiger partial charge in [0.25, 0.3) is 5.91 Å². The Morgan fingerprint density at radius 3 is 2.60 bits per heavy atom. The van der Waals surface area contributed by atoms with E-state index in [1.807, 2.05) is 6.92 Å². The predicted molar refractivity (Wildman–Crippen MR) is 128 cm³/mol. The van der Waals surface area contributed by atoms with E-state index in [4.69, 9.17) is 32.8 Å². The number of halogens is 5. The molecule has 4 rings (SSSR count). The number of hydrogen-bond acceptors (Lipinski definition) is 5. The maximum absolute atomic E-state index is 14.4. The minimum Gasteiger partial charge on any atom is -0.479 e. The van der Waals surface area contributed by atoms with Crippen LogP contribution in [0.3, 0.4) is 0 Å². The molecule has 0 saturated carbocycles. The molecule has 2 aromatic rings. The summed E-state index contributed by atoms with van der Waals surface area (Å²) in [7, 11) is 0. The second-order valence-electron chi connectivity index (χ2n) is 8.60. The van der Waals surface area contributed by atoms with Crippen molar-refractivity contribution in [2.24, 2.45) is 5.16 Å². The van der Waals surface area contributed by atoms with E-state index < -0.39 is 17.8 Å². The lowest BCUT2D eigenvalue weighted by Crippen LogP contribution is -2.44. The zero-order valence-electron chi connectivity index (χ0n) is 19.1. The second kappa shape index (κ2) is 9.78. The summed E-state index contributed by atoms with van der Waals surface area (Å²) in [5, 5.41) is 6.83. The number of nitrogens with one attached hydrogen (secondary N) is 1. The second-order valence-corrected chi connectivity index (χ2v) is 9.47. The summed E-state index contributed by atoms with van der Waals surface area (Å²) in [4.78, 5) is 19.6. The predicted octanol–water partition coefficient (Wildman–Crippen LogP) is 5.84. The van der Waals surface area contributed by atoms with Gasteiger partial charge in [-0.3, -0.25) is 4.79 Å². The van der Waals surface area contributed by atoms with Gasteiger partial charge in [0, 0.05) is 34.4 Å². The van der Waals surface area contributed by atoms with Gasteiger partial charge < -0.3 is 19.8 Å². The molecule has 0 radical (unpaired) electrons. The number of aryl methyl sites for hydroxylation is 1. The van der Waals surface area contributed by atoms with Crippen LogP contribution >= 0.6 is 23.2 Å². The average Bonchev–Trinajstić information content (AvgIpc) is 3.41. The Kier molecular flexibility index (Phi) is 7.11. The quantitative estimate of drug-likeness (QED) is 0.528. The molecule has 2 aromatic carbocycles. The fourth-order valence-electron chi connectivity index (χ4n) is 4.50. The molecule has 0 bridgehead atoms. The van der Waals surface area contributed by atoms with Crippen LogP contribution in [0, 0.1) is 6.92 Å². The lowest BCUT2D eigenvalue weighted by atomic mass is 9.79. The molecule has 11 heteroatoms. The van der Waals surface area contributed by atoms with Crippen molar-refractivity contribution in [3.05, 3.63) is 63.1 Å². The van der Waals surface area contributed by atoms with Gasteiger partial charge >= 0.3 is 6.18 Å². The minimum absolute atomic E-state index is 0.0444. The number of rotatable bonds is 5. The summed E-state index contributed by atoms with van der Waals surface area (Å²) >= 11 is 12.0. The standard InChI is InChI=1S/C24H24Cl2F3N3O3/c1-3-34-21-12-20(35-31-21)30-22(33)19-5-4-18(8-14(19)2)32-7-6-23(13-32,24(27,28)29)15-9-16(25)11-17(26)10-15/h4-5,8-11,20H,3,6-7,12-13H2,1-2H3,(H,30,33). The van der Waals surface area contributed by atoms with Crippen LogP contribution in [-0.4, -0.2) is 43.9 Å². The van der Waals surface area contributed by atoms with Crippen LogP contribution in [0.15, 0.2) is 41.6 Å². The minimum atomic E-state index is -4.51. The summed E-state index contributed by atoms with van der Waals surface area (Å²) in [5.74, 6) is 0.0414. The molecule has 2 atom stereocenters. The first-order valence-corrected chi connectivity index (χ1v) is 11.8. The van der Waals surface area contributed by atoms with Gasteiger partial charge in [-0.2, -0.15) is 13.2 Å². The topological polar surface area (TPSA) is 63.2 Å². The molecule has 2 unspecified atom stereocenters.